The molecule has 2 amide bonds. The van der Waals surface area contributed by atoms with Gasteiger partial charge in [-0.05, 0) is 73.5 Å². The van der Waals surface area contributed by atoms with Gasteiger partial charge in [0.25, 0.3) is 0 Å². The lowest BCUT2D eigenvalue weighted by Gasteiger charge is -2.14. The number of ether oxygens (including phenoxy) is 1. The number of hydrogen-bond acceptors (Lipinski definition) is 4. The average molecular weight is 511 g/mol. The number of benzene rings is 3. The molecule has 0 saturated carbocycles. The summed E-state index contributed by atoms with van der Waals surface area (Å²) in [7, 11) is 0. The van der Waals surface area contributed by atoms with E-state index in [0.29, 0.717) is 24.4 Å². The summed E-state index contributed by atoms with van der Waals surface area (Å²) < 4.78 is 46.0. The van der Waals surface area contributed by atoms with E-state index in [1.807, 2.05) is 41.0 Å². The molecule has 0 aliphatic carbocycles. The molecule has 37 heavy (non-hydrogen) atoms. The van der Waals surface area contributed by atoms with Gasteiger partial charge in [-0.1, -0.05) is 12.1 Å². The summed E-state index contributed by atoms with van der Waals surface area (Å²) in [5, 5.41) is 0. The van der Waals surface area contributed by atoms with Crippen LogP contribution in [0.5, 0.6) is 11.5 Å². The Morgan fingerprint density at radius 2 is 1.51 bits per heavy atom. The van der Waals surface area contributed by atoms with Crippen molar-refractivity contribution in [2.45, 2.75) is 31.9 Å². The molecule has 0 bridgehead atoms. The summed E-state index contributed by atoms with van der Waals surface area (Å²) in [5.74, 6) is -0.0494. The predicted octanol–water partition coefficient (Wildman–Crippen LogP) is 5.14. The number of hydrogen-bond donors (Lipinski definition) is 2. The van der Waals surface area contributed by atoms with Crippen LogP contribution in [0.1, 0.15) is 30.7 Å². The number of halogens is 3. The van der Waals surface area contributed by atoms with Gasteiger partial charge >= 0.3 is 6.18 Å². The molecule has 3 aromatic carbocycles. The lowest BCUT2D eigenvalue weighted by atomic mass is 9.96. The number of carbonyl (C=O) groups excluding carboxylic acids is 2. The Labute approximate surface area is 210 Å². The highest BCUT2D eigenvalue weighted by atomic mass is 19.4. The van der Waals surface area contributed by atoms with Crippen LogP contribution in [0.4, 0.5) is 13.2 Å². The first-order valence-corrected chi connectivity index (χ1v) is 11.6. The SMILES string of the molecule is NC(=O)CCC(CCc1nc2ccccc2n1-c1ccc(Oc2ccc(C(F)(F)F)cc2)cc1)C(N)=O. The number of nitrogens with zero attached hydrogens (tertiary/aromatic N) is 2. The van der Waals surface area contributed by atoms with Crippen molar-refractivity contribution in [2.24, 2.45) is 17.4 Å². The fourth-order valence-corrected chi connectivity index (χ4v) is 4.09. The molecule has 0 spiro atoms. The van der Waals surface area contributed by atoms with E-state index in [1.165, 1.54) is 12.1 Å². The zero-order chi connectivity index (χ0) is 26.6. The number of primary amides is 2. The molecule has 0 radical (unpaired) electrons. The average Bonchev–Trinajstić information content (AvgIpc) is 3.22. The molecule has 0 aliphatic heterocycles. The Morgan fingerprint density at radius 3 is 2.11 bits per heavy atom. The minimum Gasteiger partial charge on any atom is -0.457 e. The van der Waals surface area contributed by atoms with E-state index in [-0.39, 0.29) is 18.6 Å². The van der Waals surface area contributed by atoms with E-state index in [0.717, 1.165) is 28.9 Å². The molecule has 4 N–H and O–H groups in total. The maximum Gasteiger partial charge on any atom is 0.416 e. The quantitative estimate of drug-likeness (QED) is 0.308. The number of fused-ring (bicyclic) bond motifs is 1. The Morgan fingerprint density at radius 1 is 0.892 bits per heavy atom. The molecule has 7 nitrogen and oxygen atoms in total. The molecular weight excluding hydrogens is 485 g/mol. The summed E-state index contributed by atoms with van der Waals surface area (Å²) in [6, 6.07) is 19.1. The summed E-state index contributed by atoms with van der Waals surface area (Å²) in [4.78, 5) is 27.8. The maximum atomic E-state index is 12.8. The maximum absolute atomic E-state index is 12.8. The van der Waals surface area contributed by atoms with Gasteiger partial charge in [-0.15, -0.1) is 0 Å². The van der Waals surface area contributed by atoms with Gasteiger partial charge in [0.05, 0.1) is 16.6 Å². The van der Waals surface area contributed by atoms with Gasteiger partial charge in [-0.2, -0.15) is 13.2 Å². The number of amides is 2. The first kappa shape index (κ1) is 25.7. The van der Waals surface area contributed by atoms with Crippen molar-refractivity contribution in [3.8, 4) is 17.2 Å². The summed E-state index contributed by atoms with van der Waals surface area (Å²) in [6.07, 6.45) is -3.22. The van der Waals surface area contributed by atoms with E-state index < -0.39 is 29.5 Å². The molecule has 1 unspecified atom stereocenters. The van der Waals surface area contributed by atoms with Gasteiger partial charge in [-0.3, -0.25) is 14.2 Å². The molecule has 1 aromatic heterocycles. The Kier molecular flexibility index (Phi) is 7.47. The number of carbonyl (C=O) groups is 2. The minimum absolute atomic E-state index is 0.0738. The van der Waals surface area contributed by atoms with Gasteiger partial charge in [0.2, 0.25) is 11.8 Å². The largest absolute Gasteiger partial charge is 0.457 e. The van der Waals surface area contributed by atoms with Gasteiger partial charge in [0, 0.05) is 24.4 Å². The van der Waals surface area contributed by atoms with Gasteiger partial charge in [0.1, 0.15) is 17.3 Å². The fraction of sp³-hybridized carbons (Fsp3) is 0.222. The molecule has 0 fully saturated rings. The van der Waals surface area contributed by atoms with E-state index in [1.54, 1.807) is 12.1 Å². The molecule has 1 atom stereocenters. The Bertz CT molecular complexity index is 1400. The van der Waals surface area contributed by atoms with Gasteiger partial charge < -0.3 is 16.2 Å². The van der Waals surface area contributed by atoms with Crippen molar-refractivity contribution < 1.29 is 27.5 Å². The van der Waals surface area contributed by atoms with Crippen molar-refractivity contribution in [2.75, 3.05) is 0 Å². The smallest absolute Gasteiger partial charge is 0.416 e. The number of para-hydroxylation sites is 2. The van der Waals surface area contributed by atoms with Crippen molar-refractivity contribution in [1.82, 2.24) is 9.55 Å². The topological polar surface area (TPSA) is 113 Å². The fourth-order valence-electron chi connectivity index (χ4n) is 4.09. The highest BCUT2D eigenvalue weighted by Gasteiger charge is 2.30. The van der Waals surface area contributed by atoms with Crippen molar-refractivity contribution in [3.05, 3.63) is 84.2 Å². The second-order valence-electron chi connectivity index (χ2n) is 8.61. The van der Waals surface area contributed by atoms with E-state index in [9.17, 15) is 22.8 Å². The second kappa shape index (κ2) is 10.7. The summed E-state index contributed by atoms with van der Waals surface area (Å²) >= 11 is 0. The van der Waals surface area contributed by atoms with Crippen LogP contribution in [0.25, 0.3) is 16.7 Å². The van der Waals surface area contributed by atoms with Crippen LogP contribution < -0.4 is 16.2 Å². The van der Waals surface area contributed by atoms with Crippen LogP contribution >= 0.6 is 0 Å². The predicted molar refractivity (Wildman–Crippen MR) is 132 cm³/mol. The van der Waals surface area contributed by atoms with E-state index in [4.69, 9.17) is 21.2 Å². The summed E-state index contributed by atoms with van der Waals surface area (Å²) in [6.45, 7) is 0. The van der Waals surface area contributed by atoms with E-state index >= 15 is 0 Å². The molecular formula is C27H25F3N4O3. The van der Waals surface area contributed by atoms with E-state index in [2.05, 4.69) is 0 Å². The van der Waals surface area contributed by atoms with Gasteiger partial charge in [0.15, 0.2) is 0 Å². The first-order chi connectivity index (χ1) is 17.6. The normalized spacial score (nSPS) is 12.4. The van der Waals surface area contributed by atoms with Gasteiger partial charge in [-0.25, -0.2) is 4.98 Å². The van der Waals surface area contributed by atoms with Crippen LogP contribution in [0.15, 0.2) is 72.8 Å². The molecule has 4 rings (SSSR count). The third-order valence-corrected chi connectivity index (χ3v) is 6.00. The second-order valence-corrected chi connectivity index (χ2v) is 8.61. The molecule has 4 aromatic rings. The van der Waals surface area contributed by atoms with Crippen molar-refractivity contribution in [3.63, 3.8) is 0 Å². The first-order valence-electron chi connectivity index (χ1n) is 11.6. The molecule has 192 valence electrons. The number of aromatic nitrogens is 2. The van der Waals surface area contributed by atoms with Crippen molar-refractivity contribution >= 4 is 22.8 Å². The minimum atomic E-state index is -4.41. The number of nitrogens with two attached hydrogens (primary N) is 2. The molecule has 0 saturated heterocycles. The molecule has 0 aliphatic rings. The zero-order valence-corrected chi connectivity index (χ0v) is 19.7. The zero-order valence-electron chi connectivity index (χ0n) is 19.7. The van der Waals surface area contributed by atoms with Crippen LogP contribution in [0, 0.1) is 5.92 Å². The van der Waals surface area contributed by atoms with Crippen LogP contribution in [-0.4, -0.2) is 21.4 Å². The summed E-state index contributed by atoms with van der Waals surface area (Å²) in [5.41, 5.74) is 12.4. The number of rotatable bonds is 10. The number of aryl methyl sites for hydroxylation is 1. The van der Waals surface area contributed by atoms with Crippen LogP contribution in [0.2, 0.25) is 0 Å². The Balaban J connectivity index is 1.56. The highest BCUT2D eigenvalue weighted by molar-refractivity contribution is 5.79. The van der Waals surface area contributed by atoms with Crippen LogP contribution in [0.3, 0.4) is 0 Å². The van der Waals surface area contributed by atoms with Crippen molar-refractivity contribution in [1.29, 1.82) is 0 Å². The Hall–Kier alpha value is -4.34. The molecule has 1 heterocycles. The monoisotopic (exact) mass is 510 g/mol. The standard InChI is InChI=1S/C27H25F3N4O3/c28-27(29,30)18-7-11-20(12-8-18)37-21-13-9-19(10-14-21)34-23-4-2-1-3-22(23)33-25(34)16-6-17(26(32)36)5-15-24(31)35/h1-4,7-14,17H,5-6,15-16H2,(H2,31,35)(H2,32,36). The number of imidazole rings is 1. The highest BCUT2D eigenvalue weighted by Crippen LogP contribution is 2.32. The third kappa shape index (κ3) is 6.27. The number of alkyl halides is 3. The molecule has 10 heteroatoms. The van der Waals surface area contributed by atoms with Crippen LogP contribution in [-0.2, 0) is 22.2 Å². The third-order valence-electron chi connectivity index (χ3n) is 6.00. The lowest BCUT2D eigenvalue weighted by Crippen LogP contribution is -2.25. The lowest BCUT2D eigenvalue weighted by molar-refractivity contribution is -0.137.